The molecule has 0 aliphatic heterocycles. The summed E-state index contributed by atoms with van der Waals surface area (Å²) in [6, 6.07) is 0. The summed E-state index contributed by atoms with van der Waals surface area (Å²) in [6.07, 6.45) is -0.128. The number of rotatable bonds is 6. The van der Waals surface area contributed by atoms with Crippen molar-refractivity contribution in [3.8, 4) is 0 Å². The molecule has 0 unspecified atom stereocenters. The van der Waals surface area contributed by atoms with Gasteiger partial charge in [0, 0.05) is 0 Å². The maximum absolute atomic E-state index is 10.4. The topological polar surface area (TPSA) is 112 Å². The van der Waals surface area contributed by atoms with E-state index in [2.05, 4.69) is 0 Å². The Morgan fingerprint density at radius 2 is 1.36 bits per heavy atom. The van der Waals surface area contributed by atoms with Crippen molar-refractivity contribution in [2.24, 2.45) is 11.8 Å². The molecule has 0 amide bonds. The highest BCUT2D eigenvalue weighted by molar-refractivity contribution is 5.92. The van der Waals surface area contributed by atoms with Crippen LogP contribution in [0.4, 0.5) is 0 Å². The van der Waals surface area contributed by atoms with Gasteiger partial charge in [0.15, 0.2) is 5.92 Å². The molecule has 0 aromatic heterocycles. The minimum atomic E-state index is -1.52. The van der Waals surface area contributed by atoms with Crippen molar-refractivity contribution in [1.82, 2.24) is 0 Å². The van der Waals surface area contributed by atoms with E-state index in [1.165, 1.54) is 6.92 Å². The molecule has 14 heavy (non-hydrogen) atoms. The predicted octanol–water partition coefficient (Wildman–Crippen LogP) is 0.273. The second kappa shape index (κ2) is 5.21. The van der Waals surface area contributed by atoms with Gasteiger partial charge in [-0.15, -0.1) is 0 Å². The number of carboxylic acids is 3. The Labute approximate surface area is 80.2 Å². The largest absolute Gasteiger partial charge is 0.481 e. The van der Waals surface area contributed by atoms with Crippen molar-refractivity contribution in [3.05, 3.63) is 0 Å². The summed E-state index contributed by atoms with van der Waals surface area (Å²) >= 11 is 0. The van der Waals surface area contributed by atoms with Gasteiger partial charge in [-0.25, -0.2) is 0 Å². The zero-order valence-electron chi connectivity index (χ0n) is 7.64. The van der Waals surface area contributed by atoms with E-state index in [1.54, 1.807) is 0 Å². The molecule has 0 bridgehead atoms. The lowest BCUT2D eigenvalue weighted by Gasteiger charge is -2.09. The number of hydrogen-bond acceptors (Lipinski definition) is 3. The summed E-state index contributed by atoms with van der Waals surface area (Å²) in [5, 5.41) is 25.4. The fraction of sp³-hybridized carbons (Fsp3) is 0.625. The van der Waals surface area contributed by atoms with Crippen molar-refractivity contribution in [1.29, 1.82) is 0 Å². The predicted molar refractivity (Wildman–Crippen MR) is 44.8 cm³/mol. The number of aliphatic carboxylic acids is 3. The van der Waals surface area contributed by atoms with Crippen LogP contribution in [0.1, 0.15) is 19.8 Å². The van der Waals surface area contributed by atoms with Gasteiger partial charge in [0.25, 0.3) is 0 Å². The van der Waals surface area contributed by atoms with Gasteiger partial charge in [-0.05, 0) is 12.8 Å². The Hall–Kier alpha value is -1.59. The molecule has 0 heterocycles. The molecule has 80 valence electrons. The molecule has 0 saturated carbocycles. The molecule has 6 heteroatoms. The average Bonchev–Trinajstić information content (AvgIpc) is 2.02. The minimum absolute atomic E-state index is 0.0403. The van der Waals surface area contributed by atoms with Crippen molar-refractivity contribution >= 4 is 17.9 Å². The van der Waals surface area contributed by atoms with Crippen LogP contribution in [0.25, 0.3) is 0 Å². The Bertz CT molecular complexity index is 232. The van der Waals surface area contributed by atoms with Gasteiger partial charge in [0.1, 0.15) is 0 Å². The number of carbonyl (C=O) groups is 3. The molecule has 0 aromatic rings. The van der Waals surface area contributed by atoms with Crippen LogP contribution in [-0.4, -0.2) is 33.2 Å². The normalized spacial score (nSPS) is 12.4. The van der Waals surface area contributed by atoms with E-state index in [0.29, 0.717) is 0 Å². The molecule has 0 aliphatic rings. The number of carboxylic acid groups (broad SMARTS) is 3. The van der Waals surface area contributed by atoms with Crippen LogP contribution < -0.4 is 0 Å². The van der Waals surface area contributed by atoms with Crippen molar-refractivity contribution < 1.29 is 29.7 Å². The average molecular weight is 204 g/mol. The lowest BCUT2D eigenvalue weighted by atomic mass is 9.97. The summed E-state index contributed by atoms with van der Waals surface area (Å²) in [5.74, 6) is -6.17. The first-order valence-electron chi connectivity index (χ1n) is 4.04. The molecule has 1 atom stereocenters. The van der Waals surface area contributed by atoms with Crippen molar-refractivity contribution in [2.45, 2.75) is 19.8 Å². The minimum Gasteiger partial charge on any atom is -0.481 e. The van der Waals surface area contributed by atoms with E-state index in [0.717, 1.165) is 0 Å². The Morgan fingerprint density at radius 1 is 0.929 bits per heavy atom. The van der Waals surface area contributed by atoms with E-state index in [9.17, 15) is 14.4 Å². The van der Waals surface area contributed by atoms with Crippen LogP contribution in [0.5, 0.6) is 0 Å². The standard InChI is InChI=1S/C8H12O6/c1-4(6(9)10)2-3-5(7(11)12)8(13)14/h4-5H,2-3H2,1H3,(H,9,10)(H,11,12)(H,13,14)/t4-/m0/s1. The van der Waals surface area contributed by atoms with Crippen LogP contribution in [0.2, 0.25) is 0 Å². The van der Waals surface area contributed by atoms with Gasteiger partial charge in [0.2, 0.25) is 0 Å². The van der Waals surface area contributed by atoms with Gasteiger partial charge in [0.05, 0.1) is 5.92 Å². The van der Waals surface area contributed by atoms with E-state index < -0.39 is 29.7 Å². The molecule has 0 aromatic carbocycles. The summed E-state index contributed by atoms with van der Waals surface area (Å²) in [7, 11) is 0. The summed E-state index contributed by atoms with van der Waals surface area (Å²) in [6.45, 7) is 1.41. The first kappa shape index (κ1) is 12.4. The molecular formula is C8H12O6. The van der Waals surface area contributed by atoms with E-state index in [1.807, 2.05) is 0 Å². The maximum atomic E-state index is 10.4. The highest BCUT2D eigenvalue weighted by atomic mass is 16.4. The van der Waals surface area contributed by atoms with E-state index >= 15 is 0 Å². The number of hydrogen-bond donors (Lipinski definition) is 3. The first-order valence-corrected chi connectivity index (χ1v) is 4.04. The fourth-order valence-electron chi connectivity index (χ4n) is 0.893. The van der Waals surface area contributed by atoms with Crippen LogP contribution in [0.3, 0.4) is 0 Å². The van der Waals surface area contributed by atoms with E-state index in [4.69, 9.17) is 15.3 Å². The fourth-order valence-corrected chi connectivity index (χ4v) is 0.893. The Balaban J connectivity index is 4.14. The molecular weight excluding hydrogens is 192 g/mol. The maximum Gasteiger partial charge on any atom is 0.317 e. The lowest BCUT2D eigenvalue weighted by Crippen LogP contribution is -2.24. The Morgan fingerprint density at radius 3 is 1.64 bits per heavy atom. The smallest absolute Gasteiger partial charge is 0.317 e. The van der Waals surface area contributed by atoms with Crippen LogP contribution >= 0.6 is 0 Å². The molecule has 0 radical (unpaired) electrons. The third-order valence-corrected chi connectivity index (χ3v) is 1.91. The quantitative estimate of drug-likeness (QED) is 0.535. The van der Waals surface area contributed by atoms with Crippen LogP contribution in [0.15, 0.2) is 0 Å². The zero-order valence-corrected chi connectivity index (χ0v) is 7.64. The third-order valence-electron chi connectivity index (χ3n) is 1.91. The highest BCUT2D eigenvalue weighted by Crippen LogP contribution is 2.13. The molecule has 3 N–H and O–H groups in total. The van der Waals surface area contributed by atoms with Crippen LogP contribution in [0, 0.1) is 11.8 Å². The zero-order chi connectivity index (χ0) is 11.3. The molecule has 6 nitrogen and oxygen atoms in total. The van der Waals surface area contributed by atoms with Gasteiger partial charge in [-0.1, -0.05) is 6.92 Å². The molecule has 0 aliphatic carbocycles. The van der Waals surface area contributed by atoms with Gasteiger partial charge in [-0.3, -0.25) is 14.4 Å². The monoisotopic (exact) mass is 204 g/mol. The van der Waals surface area contributed by atoms with Crippen molar-refractivity contribution in [3.63, 3.8) is 0 Å². The molecule has 0 fully saturated rings. The lowest BCUT2D eigenvalue weighted by molar-refractivity contribution is -0.155. The Kier molecular flexibility index (Phi) is 4.62. The molecule has 0 saturated heterocycles. The van der Waals surface area contributed by atoms with Gasteiger partial charge in [-0.2, -0.15) is 0 Å². The summed E-state index contributed by atoms with van der Waals surface area (Å²) in [4.78, 5) is 31.1. The first-order chi connectivity index (χ1) is 6.36. The molecule has 0 rings (SSSR count). The summed E-state index contributed by atoms with van der Waals surface area (Å²) in [5.41, 5.74) is 0. The SMILES string of the molecule is C[C@@H](CCC(C(=O)O)C(=O)O)C(=O)O. The second-order valence-corrected chi connectivity index (χ2v) is 3.05. The third kappa shape index (κ3) is 3.88. The molecule has 0 spiro atoms. The highest BCUT2D eigenvalue weighted by Gasteiger charge is 2.26. The van der Waals surface area contributed by atoms with Crippen molar-refractivity contribution in [2.75, 3.05) is 0 Å². The van der Waals surface area contributed by atoms with Crippen LogP contribution in [-0.2, 0) is 14.4 Å². The van der Waals surface area contributed by atoms with E-state index in [-0.39, 0.29) is 12.8 Å². The summed E-state index contributed by atoms with van der Waals surface area (Å²) < 4.78 is 0. The second-order valence-electron chi connectivity index (χ2n) is 3.05. The van der Waals surface area contributed by atoms with Gasteiger partial charge >= 0.3 is 17.9 Å². The van der Waals surface area contributed by atoms with Gasteiger partial charge < -0.3 is 15.3 Å².